The highest BCUT2D eigenvalue weighted by Crippen LogP contribution is 2.15. The molecule has 71 heavy (non-hydrogen) atoms. The lowest BCUT2D eigenvalue weighted by atomic mass is 9.69. The number of hydrogen-bond donors (Lipinski definition) is 4. The summed E-state index contributed by atoms with van der Waals surface area (Å²) < 4.78 is 15.0. The lowest BCUT2D eigenvalue weighted by Gasteiger charge is -2.12. The van der Waals surface area contributed by atoms with Gasteiger partial charge in [-0.2, -0.15) is 0 Å². The number of ketones is 3. The van der Waals surface area contributed by atoms with Crippen molar-refractivity contribution in [2.75, 3.05) is 39.5 Å². The van der Waals surface area contributed by atoms with Gasteiger partial charge in [-0.25, -0.2) is 14.4 Å². The number of aryl methyl sites for hydroxylation is 2. The molecule has 3 aromatic heterocycles. The highest BCUT2D eigenvalue weighted by Gasteiger charge is 2.15. The average Bonchev–Trinajstić information content (AvgIpc) is 3.34. The molecule has 0 saturated heterocycles. The predicted octanol–water partition coefficient (Wildman–Crippen LogP) is 0.686. The van der Waals surface area contributed by atoms with Crippen LogP contribution in [0.5, 0.6) is 0 Å². The van der Waals surface area contributed by atoms with E-state index in [1.54, 1.807) is 13.8 Å². The van der Waals surface area contributed by atoms with Crippen molar-refractivity contribution in [1.82, 2.24) is 77.1 Å². The number of ether oxygens (including phenoxy) is 3. The van der Waals surface area contributed by atoms with Gasteiger partial charge in [0.05, 0.1) is 18.4 Å². The Morgan fingerprint density at radius 3 is 1.18 bits per heavy atom. The first-order valence-corrected chi connectivity index (χ1v) is 23.2. The minimum atomic E-state index is -0.510. The molecular weight excluding hydrogens is 926 g/mol. The summed E-state index contributed by atoms with van der Waals surface area (Å²) in [7, 11) is 2.92. The van der Waals surface area contributed by atoms with Gasteiger partial charge in [-0.05, 0) is 79.6 Å². The van der Waals surface area contributed by atoms with Gasteiger partial charge in [-0.15, -0.1) is 61.2 Å². The van der Waals surface area contributed by atoms with Gasteiger partial charge in [0.25, 0.3) is 0 Å². The van der Waals surface area contributed by atoms with Crippen LogP contribution in [0, 0.1) is 25.7 Å². The van der Waals surface area contributed by atoms with Gasteiger partial charge in [0, 0.05) is 50.7 Å². The van der Waals surface area contributed by atoms with Crippen molar-refractivity contribution < 1.29 is 52.6 Å². The lowest BCUT2D eigenvalue weighted by molar-refractivity contribution is -0.121. The first-order valence-electron chi connectivity index (χ1n) is 23.2. The number of nitrogens with two attached hydrogens (primary N) is 1. The number of alkyl carbamates (subject to hydrolysis) is 3. The zero-order valence-corrected chi connectivity index (χ0v) is 41.2. The van der Waals surface area contributed by atoms with E-state index < -0.39 is 24.3 Å². The van der Waals surface area contributed by atoms with E-state index in [9.17, 15) is 38.4 Å². The molecule has 5 N–H and O–H groups in total. The van der Waals surface area contributed by atoms with Gasteiger partial charge in [-0.3, -0.25) is 14.4 Å². The molecule has 0 aromatic carbocycles. The zero-order valence-electron chi connectivity index (χ0n) is 41.2. The van der Waals surface area contributed by atoms with Crippen molar-refractivity contribution in [3.05, 3.63) is 35.4 Å². The van der Waals surface area contributed by atoms with E-state index in [2.05, 4.69) is 77.1 Å². The number of amides is 3. The van der Waals surface area contributed by atoms with Crippen LogP contribution in [0.1, 0.15) is 108 Å². The maximum atomic E-state index is 11.5. The fourth-order valence-corrected chi connectivity index (χ4v) is 5.70. The smallest absolute Gasteiger partial charge is 0.407 e. The Morgan fingerprint density at radius 2 is 0.859 bits per heavy atom. The average molecular weight is 993 g/mol. The molecule has 0 aliphatic rings. The molecule has 0 aliphatic carbocycles. The van der Waals surface area contributed by atoms with E-state index in [1.165, 1.54) is 41.7 Å². The molecule has 2 radical (unpaired) electrons. The molecule has 3 rings (SSSR count). The van der Waals surface area contributed by atoms with E-state index >= 15 is 0 Å². The summed E-state index contributed by atoms with van der Waals surface area (Å²) in [6, 6.07) is -0.413. The molecule has 3 atom stereocenters. The number of nitrogens with one attached hydrogen (secondary N) is 3. The van der Waals surface area contributed by atoms with Crippen LogP contribution < -0.4 is 21.7 Å². The monoisotopic (exact) mass is 993 g/mol. The van der Waals surface area contributed by atoms with Crippen LogP contribution in [0.15, 0.2) is 6.33 Å². The van der Waals surface area contributed by atoms with Crippen molar-refractivity contribution in [2.24, 2.45) is 17.6 Å². The summed E-state index contributed by atoms with van der Waals surface area (Å²) in [6.07, 6.45) is 9.69. The molecule has 3 aromatic rings. The minimum absolute atomic E-state index is 0.0188. The quantitative estimate of drug-likeness (QED) is 0.0282. The van der Waals surface area contributed by atoms with Gasteiger partial charge in [0.2, 0.25) is 0 Å². The van der Waals surface area contributed by atoms with Gasteiger partial charge >= 0.3 is 18.3 Å². The van der Waals surface area contributed by atoms with Crippen LogP contribution >= 0.6 is 0 Å². The third-order valence-corrected chi connectivity index (χ3v) is 9.78. The van der Waals surface area contributed by atoms with E-state index in [1.807, 2.05) is 0 Å². The lowest BCUT2D eigenvalue weighted by Crippen LogP contribution is -2.29. The van der Waals surface area contributed by atoms with Crippen molar-refractivity contribution in [3.8, 4) is 0 Å². The van der Waals surface area contributed by atoms with Crippen LogP contribution in [0.25, 0.3) is 0 Å². The van der Waals surface area contributed by atoms with Gasteiger partial charge in [0.1, 0.15) is 37.2 Å². The molecule has 3 unspecified atom stereocenters. The Balaban J connectivity index is 0.000000534. The number of carbonyl (C=O) groups is 8. The van der Waals surface area contributed by atoms with Crippen molar-refractivity contribution >= 4 is 62.6 Å². The molecule has 0 bridgehead atoms. The molecular formula is C42H66B2N16O11. The third-order valence-electron chi connectivity index (χ3n) is 9.78. The number of Topliss-reactive ketones (excluding diaryl/α,β-unsaturated/α-hetero) is 3. The first kappa shape index (κ1) is 62.1. The Kier molecular flexibility index (Phi) is 34.9. The molecule has 0 fully saturated rings. The van der Waals surface area contributed by atoms with E-state index in [-0.39, 0.29) is 49.0 Å². The Morgan fingerprint density at radius 1 is 0.521 bits per heavy atom. The fraction of sp³-hybridized carbons (Fsp3) is 0.667. The van der Waals surface area contributed by atoms with E-state index in [0.717, 1.165) is 38.5 Å². The molecule has 3 heterocycles. The maximum Gasteiger partial charge on any atom is 0.407 e. The normalized spacial score (nSPS) is 11.5. The second-order valence-corrected chi connectivity index (χ2v) is 15.7. The maximum absolute atomic E-state index is 11.5. The number of aromatic nitrogens is 12. The van der Waals surface area contributed by atoms with Crippen LogP contribution in [0.3, 0.4) is 0 Å². The molecule has 27 nitrogen and oxygen atoms in total. The number of unbranched alkanes of at least 4 members (excludes halogenated alkanes) is 3. The number of hydrogen-bond acceptors (Lipinski definition) is 24. The molecule has 0 aliphatic heterocycles. The summed E-state index contributed by atoms with van der Waals surface area (Å²) in [4.78, 5) is 88.8. The molecule has 0 saturated carbocycles. The summed E-state index contributed by atoms with van der Waals surface area (Å²) >= 11 is 0. The highest BCUT2D eigenvalue weighted by atomic mass is 16.6. The number of carbonyl (C=O) groups excluding carboxylic acids is 8. The van der Waals surface area contributed by atoms with E-state index in [0.29, 0.717) is 112 Å². The second-order valence-electron chi connectivity index (χ2n) is 15.7. The van der Waals surface area contributed by atoms with Crippen LogP contribution in [0.2, 0.25) is 12.6 Å². The predicted molar refractivity (Wildman–Crippen MR) is 255 cm³/mol. The largest absolute Gasteiger partial charge is 0.449 e. The van der Waals surface area contributed by atoms with Crippen LogP contribution in [-0.2, 0) is 57.4 Å². The van der Waals surface area contributed by atoms with Crippen molar-refractivity contribution in [1.29, 1.82) is 0 Å². The Hall–Kier alpha value is -6.93. The Bertz CT molecular complexity index is 2000. The topological polar surface area (TPSA) is 381 Å². The minimum Gasteiger partial charge on any atom is -0.449 e. The van der Waals surface area contributed by atoms with E-state index in [4.69, 9.17) is 19.9 Å². The molecule has 386 valence electrons. The van der Waals surface area contributed by atoms with Crippen molar-refractivity contribution in [3.63, 3.8) is 0 Å². The first-order chi connectivity index (χ1) is 34.1. The van der Waals surface area contributed by atoms with Gasteiger partial charge < -0.3 is 45.5 Å². The van der Waals surface area contributed by atoms with Crippen molar-refractivity contribution in [2.45, 2.75) is 130 Å². The Labute approximate surface area is 414 Å². The fourth-order valence-electron chi connectivity index (χ4n) is 5.70. The molecule has 0 spiro atoms. The highest BCUT2D eigenvalue weighted by molar-refractivity contribution is 6.67. The zero-order chi connectivity index (χ0) is 52.5. The van der Waals surface area contributed by atoms with Gasteiger partial charge in [-0.1, -0.05) is 25.5 Å². The number of rotatable bonds is 33. The second kappa shape index (κ2) is 39.9. The third kappa shape index (κ3) is 34.1. The summed E-state index contributed by atoms with van der Waals surface area (Å²) in [5, 5.41) is 52.8. The summed E-state index contributed by atoms with van der Waals surface area (Å²) in [5.74, 6) is 2.11. The SMILES string of the molecule is CC(=O)C(C[B]C=O)CCCCNC(=O)OCCc1nnc(C)nn1.CC(=O)C(C[B]C=O)CCCCNC(=O)OCCc1nncnn1.CC(=O)C(N)CCCCNC(=O)OCCc1nnc(C)nn1. The molecule has 29 heteroatoms. The number of nitrogens with zero attached hydrogens (tertiary/aromatic N) is 12. The van der Waals surface area contributed by atoms with Crippen LogP contribution in [0.4, 0.5) is 14.4 Å². The van der Waals surface area contributed by atoms with Crippen LogP contribution in [-0.4, -0.2) is 169 Å². The summed E-state index contributed by atoms with van der Waals surface area (Å²) in [5.41, 5.74) is 5.61. The summed E-state index contributed by atoms with van der Waals surface area (Å²) in [6.45, 7) is 9.77. The molecule has 3 amide bonds. The standard InChI is InChI=1S/C15H23BN5O4.C14H21BN5O4.C13H22N6O3/c1-11(23)13(9-16-10-22)5-3-4-7-17-15(24)25-8-6-14-20-18-12(2)19-21-14;1-11(22)12(8-15-9-21)4-2-3-6-16-14(23)24-7-5-13-19-17-10-18-20-13;1-9(20)11(14)5-3-4-7-15-13(21)22-8-6-12-18-16-10(2)17-19-12/h10,13H,3-9H2,1-2H3,(H,17,24);9-10,12H,2-8H2,1H3,(H,16,23);11H,3-8,14H2,1-2H3,(H,15,21). The van der Waals surface area contributed by atoms with Gasteiger partial charge in [0.15, 0.2) is 50.0 Å².